The SMILES string of the molecule is CNC(=O)C(C)NC(=O)C1CCCN(C(=O)C(C)(C)C)C1. The molecule has 120 valence electrons. The van der Waals surface area contributed by atoms with Gasteiger partial charge in [0.15, 0.2) is 0 Å². The van der Waals surface area contributed by atoms with Gasteiger partial charge in [0, 0.05) is 25.6 Å². The van der Waals surface area contributed by atoms with Crippen molar-refractivity contribution in [2.45, 2.75) is 46.6 Å². The zero-order valence-corrected chi connectivity index (χ0v) is 13.7. The van der Waals surface area contributed by atoms with Gasteiger partial charge in [-0.2, -0.15) is 0 Å². The molecular formula is C15H27N3O3. The first-order chi connectivity index (χ1) is 9.66. The van der Waals surface area contributed by atoms with Crippen LogP contribution in [0.15, 0.2) is 0 Å². The number of amides is 3. The van der Waals surface area contributed by atoms with Crippen molar-refractivity contribution in [3.63, 3.8) is 0 Å². The summed E-state index contributed by atoms with van der Waals surface area (Å²) in [7, 11) is 1.54. The Balaban J connectivity index is 2.62. The fourth-order valence-electron chi connectivity index (χ4n) is 2.46. The van der Waals surface area contributed by atoms with E-state index in [4.69, 9.17) is 0 Å². The third kappa shape index (κ3) is 4.72. The van der Waals surface area contributed by atoms with Crippen LogP contribution in [-0.4, -0.2) is 48.8 Å². The lowest BCUT2D eigenvalue weighted by Crippen LogP contribution is -2.51. The maximum absolute atomic E-state index is 12.3. The number of likely N-dealkylation sites (tertiary alicyclic amines) is 1. The highest BCUT2D eigenvalue weighted by atomic mass is 16.2. The average molecular weight is 297 g/mol. The van der Waals surface area contributed by atoms with E-state index in [9.17, 15) is 14.4 Å². The predicted octanol–water partition coefficient (Wildman–Crippen LogP) is 0.522. The van der Waals surface area contributed by atoms with Gasteiger partial charge in [-0.3, -0.25) is 14.4 Å². The van der Waals surface area contributed by atoms with Crippen LogP contribution in [0.25, 0.3) is 0 Å². The number of likely N-dealkylation sites (N-methyl/N-ethyl adjacent to an activating group) is 1. The van der Waals surface area contributed by atoms with Gasteiger partial charge in [0.1, 0.15) is 6.04 Å². The fourth-order valence-corrected chi connectivity index (χ4v) is 2.46. The van der Waals surface area contributed by atoms with Gasteiger partial charge in [0.25, 0.3) is 0 Å². The second-order valence-corrected chi connectivity index (χ2v) is 6.68. The van der Waals surface area contributed by atoms with Crippen molar-refractivity contribution in [3.05, 3.63) is 0 Å². The molecule has 0 aromatic rings. The maximum Gasteiger partial charge on any atom is 0.242 e. The van der Waals surface area contributed by atoms with E-state index >= 15 is 0 Å². The summed E-state index contributed by atoms with van der Waals surface area (Å²) < 4.78 is 0. The summed E-state index contributed by atoms with van der Waals surface area (Å²) >= 11 is 0. The van der Waals surface area contributed by atoms with Crippen LogP contribution in [0.1, 0.15) is 40.5 Å². The van der Waals surface area contributed by atoms with E-state index in [1.54, 1.807) is 11.8 Å². The molecule has 0 aromatic heterocycles. The first-order valence-electron chi connectivity index (χ1n) is 7.48. The molecule has 21 heavy (non-hydrogen) atoms. The average Bonchev–Trinajstić information content (AvgIpc) is 2.44. The van der Waals surface area contributed by atoms with E-state index in [1.165, 1.54) is 7.05 Å². The molecule has 0 aromatic carbocycles. The van der Waals surface area contributed by atoms with Crippen molar-refractivity contribution >= 4 is 17.7 Å². The summed E-state index contributed by atoms with van der Waals surface area (Å²) in [5.41, 5.74) is -0.437. The second-order valence-electron chi connectivity index (χ2n) is 6.68. The van der Waals surface area contributed by atoms with Gasteiger partial charge < -0.3 is 15.5 Å². The Morgan fingerprint density at radius 3 is 2.38 bits per heavy atom. The largest absolute Gasteiger partial charge is 0.357 e. The summed E-state index contributed by atoms with van der Waals surface area (Å²) in [6.45, 7) is 8.43. The minimum atomic E-state index is -0.559. The number of hydrogen-bond donors (Lipinski definition) is 2. The van der Waals surface area contributed by atoms with E-state index in [1.807, 2.05) is 20.8 Å². The van der Waals surface area contributed by atoms with E-state index in [0.29, 0.717) is 13.1 Å². The normalized spacial score (nSPS) is 20.6. The lowest BCUT2D eigenvalue weighted by molar-refractivity contribution is -0.143. The minimum absolute atomic E-state index is 0.0688. The third-order valence-electron chi connectivity index (χ3n) is 3.72. The summed E-state index contributed by atoms with van der Waals surface area (Å²) in [5.74, 6) is -0.546. The fraction of sp³-hybridized carbons (Fsp3) is 0.800. The zero-order valence-electron chi connectivity index (χ0n) is 13.7. The van der Waals surface area contributed by atoms with Crippen LogP contribution in [0, 0.1) is 11.3 Å². The number of carbonyl (C=O) groups is 3. The van der Waals surface area contributed by atoms with Gasteiger partial charge in [-0.25, -0.2) is 0 Å². The molecule has 1 heterocycles. The lowest BCUT2D eigenvalue weighted by Gasteiger charge is -2.36. The monoisotopic (exact) mass is 297 g/mol. The number of rotatable bonds is 3. The first-order valence-corrected chi connectivity index (χ1v) is 7.48. The Labute approximate surface area is 126 Å². The molecule has 3 amide bonds. The molecule has 0 bridgehead atoms. The quantitative estimate of drug-likeness (QED) is 0.797. The smallest absolute Gasteiger partial charge is 0.242 e. The van der Waals surface area contributed by atoms with Crippen LogP contribution in [0.4, 0.5) is 0 Å². The Hall–Kier alpha value is -1.59. The number of hydrogen-bond acceptors (Lipinski definition) is 3. The van der Waals surface area contributed by atoms with E-state index in [2.05, 4.69) is 10.6 Å². The van der Waals surface area contributed by atoms with E-state index < -0.39 is 11.5 Å². The molecule has 1 saturated heterocycles. The Bertz CT molecular complexity index is 415. The standard InChI is InChI=1S/C15H27N3O3/c1-10(12(19)16-5)17-13(20)11-7-6-8-18(9-11)14(21)15(2,3)4/h10-11H,6-9H2,1-5H3,(H,16,19)(H,17,20). The molecule has 1 aliphatic heterocycles. The molecule has 1 fully saturated rings. The molecule has 6 heteroatoms. The molecule has 0 spiro atoms. The van der Waals surface area contributed by atoms with Crippen LogP contribution in [0.5, 0.6) is 0 Å². The number of piperidine rings is 1. The third-order valence-corrected chi connectivity index (χ3v) is 3.72. The van der Waals surface area contributed by atoms with Gasteiger partial charge in [-0.1, -0.05) is 20.8 Å². The molecule has 2 unspecified atom stereocenters. The molecule has 0 aliphatic carbocycles. The number of nitrogens with zero attached hydrogens (tertiary/aromatic N) is 1. The van der Waals surface area contributed by atoms with Crippen molar-refractivity contribution in [1.82, 2.24) is 15.5 Å². The summed E-state index contributed by atoms with van der Waals surface area (Å²) in [6.07, 6.45) is 1.56. The molecular weight excluding hydrogens is 270 g/mol. The van der Waals surface area contributed by atoms with Gasteiger partial charge in [0.2, 0.25) is 17.7 Å². The van der Waals surface area contributed by atoms with Crippen molar-refractivity contribution in [3.8, 4) is 0 Å². The van der Waals surface area contributed by atoms with Crippen LogP contribution in [0.2, 0.25) is 0 Å². The minimum Gasteiger partial charge on any atom is -0.357 e. The summed E-state index contributed by atoms with van der Waals surface area (Å²) in [5, 5.41) is 5.21. The van der Waals surface area contributed by atoms with Gasteiger partial charge in [0.05, 0.1) is 5.92 Å². The molecule has 0 saturated carbocycles. The van der Waals surface area contributed by atoms with Gasteiger partial charge >= 0.3 is 0 Å². The molecule has 1 rings (SSSR count). The van der Waals surface area contributed by atoms with Crippen LogP contribution in [-0.2, 0) is 14.4 Å². The number of carbonyl (C=O) groups excluding carboxylic acids is 3. The van der Waals surface area contributed by atoms with Crippen molar-refractivity contribution in [2.75, 3.05) is 20.1 Å². The highest BCUT2D eigenvalue weighted by Crippen LogP contribution is 2.23. The second kappa shape index (κ2) is 6.91. The predicted molar refractivity (Wildman–Crippen MR) is 80.4 cm³/mol. The van der Waals surface area contributed by atoms with Gasteiger partial charge in [-0.15, -0.1) is 0 Å². The van der Waals surface area contributed by atoms with Gasteiger partial charge in [-0.05, 0) is 19.8 Å². The van der Waals surface area contributed by atoms with Crippen molar-refractivity contribution in [2.24, 2.45) is 11.3 Å². The van der Waals surface area contributed by atoms with Crippen molar-refractivity contribution in [1.29, 1.82) is 0 Å². The lowest BCUT2D eigenvalue weighted by atomic mass is 9.91. The topological polar surface area (TPSA) is 78.5 Å². The molecule has 0 radical (unpaired) electrons. The Morgan fingerprint density at radius 1 is 1.24 bits per heavy atom. The molecule has 2 atom stereocenters. The highest BCUT2D eigenvalue weighted by Gasteiger charge is 2.33. The first kappa shape index (κ1) is 17.5. The van der Waals surface area contributed by atoms with Crippen LogP contribution in [0.3, 0.4) is 0 Å². The summed E-state index contributed by atoms with van der Waals surface area (Å²) in [6, 6.07) is -0.559. The zero-order chi connectivity index (χ0) is 16.2. The summed E-state index contributed by atoms with van der Waals surface area (Å²) in [4.78, 5) is 37.7. The van der Waals surface area contributed by atoms with E-state index in [0.717, 1.165) is 12.8 Å². The molecule has 6 nitrogen and oxygen atoms in total. The highest BCUT2D eigenvalue weighted by molar-refractivity contribution is 5.88. The molecule has 1 aliphatic rings. The van der Waals surface area contributed by atoms with Crippen molar-refractivity contribution < 1.29 is 14.4 Å². The van der Waals surface area contributed by atoms with E-state index in [-0.39, 0.29) is 23.6 Å². The Kier molecular flexibility index (Phi) is 5.75. The number of nitrogens with one attached hydrogen (secondary N) is 2. The van der Waals surface area contributed by atoms with Crippen LogP contribution >= 0.6 is 0 Å². The molecule has 2 N–H and O–H groups in total. The van der Waals surface area contributed by atoms with Crippen LogP contribution < -0.4 is 10.6 Å². The maximum atomic E-state index is 12.3. The Morgan fingerprint density at radius 2 is 1.86 bits per heavy atom.